The molecule has 1 aromatic heterocycles. The minimum atomic E-state index is -4.60. The lowest BCUT2D eigenvalue weighted by molar-refractivity contribution is -0.234. The van der Waals surface area contributed by atoms with E-state index >= 15 is 0 Å². The molecular weight excluding hydrogens is 358 g/mol. The minimum Gasteiger partial charge on any atom is -0.435 e. The molecule has 4 aromatic rings. The first-order chi connectivity index (χ1) is 12.9. The van der Waals surface area contributed by atoms with Gasteiger partial charge in [-0.2, -0.15) is 17.6 Å². The first kappa shape index (κ1) is 17.3. The molecule has 136 valence electrons. The van der Waals surface area contributed by atoms with E-state index in [4.69, 9.17) is 4.42 Å². The fourth-order valence-electron chi connectivity index (χ4n) is 2.82. The number of alkyl halides is 4. The van der Waals surface area contributed by atoms with Crippen molar-refractivity contribution in [2.75, 3.05) is 0 Å². The van der Waals surface area contributed by atoms with E-state index in [0.29, 0.717) is 5.56 Å². The predicted octanol–water partition coefficient (Wildman–Crippen LogP) is 6.38. The highest BCUT2D eigenvalue weighted by Crippen LogP contribution is 2.49. The van der Waals surface area contributed by atoms with E-state index in [1.54, 1.807) is 36.4 Å². The summed E-state index contributed by atoms with van der Waals surface area (Å²) in [5, 5.41) is 0. The highest BCUT2D eigenvalue weighted by Gasteiger charge is 2.62. The summed E-state index contributed by atoms with van der Waals surface area (Å²) in [5.74, 6) is -10.4. The van der Waals surface area contributed by atoms with Crippen molar-refractivity contribution in [2.24, 2.45) is 0 Å². The Bertz CT molecular complexity index is 1040. The third kappa shape index (κ3) is 2.87. The van der Waals surface area contributed by atoms with Crippen molar-refractivity contribution >= 4 is 11.1 Å². The molecule has 0 spiro atoms. The Hall–Kier alpha value is -3.15. The average molecular weight is 371 g/mol. The van der Waals surface area contributed by atoms with Gasteiger partial charge in [-0.05, 0) is 23.3 Å². The van der Waals surface area contributed by atoms with Crippen LogP contribution in [0.25, 0.3) is 22.2 Å². The molecule has 0 radical (unpaired) electrons. The highest BCUT2D eigenvalue weighted by atomic mass is 19.3. The lowest BCUT2D eigenvalue weighted by atomic mass is 9.98. The molecule has 0 fully saturated rings. The van der Waals surface area contributed by atoms with Gasteiger partial charge in [-0.1, -0.05) is 66.7 Å². The highest BCUT2D eigenvalue weighted by molar-refractivity contribution is 5.72. The van der Waals surface area contributed by atoms with Crippen molar-refractivity contribution in [3.8, 4) is 11.1 Å². The van der Waals surface area contributed by atoms with E-state index in [0.717, 1.165) is 17.7 Å². The number of fused-ring (bicyclic) bond motifs is 1. The molecule has 27 heavy (non-hydrogen) atoms. The van der Waals surface area contributed by atoms with Crippen molar-refractivity contribution in [1.29, 1.82) is 0 Å². The quantitative estimate of drug-likeness (QED) is 0.389. The second kappa shape index (κ2) is 6.23. The Labute approximate surface area is 152 Å². The maximum absolute atomic E-state index is 14.6. The van der Waals surface area contributed by atoms with Crippen LogP contribution in [0.5, 0.6) is 0 Å². The summed E-state index contributed by atoms with van der Waals surface area (Å²) < 4.78 is 63.3. The normalized spacial score (nSPS) is 12.4. The molecule has 1 heterocycles. The van der Waals surface area contributed by atoms with Crippen LogP contribution in [0, 0.1) is 0 Å². The largest absolute Gasteiger partial charge is 0.435 e. The summed E-state index contributed by atoms with van der Waals surface area (Å²) in [4.78, 5) is 3.54. The van der Waals surface area contributed by atoms with E-state index in [9.17, 15) is 17.6 Å². The number of nitrogens with zero attached hydrogens (tertiary/aromatic N) is 1. The van der Waals surface area contributed by atoms with E-state index in [-0.39, 0.29) is 11.1 Å². The third-order valence-electron chi connectivity index (χ3n) is 4.31. The number of oxazole rings is 1. The second-order valence-electron chi connectivity index (χ2n) is 6.08. The average Bonchev–Trinajstić information content (AvgIpc) is 3.14. The van der Waals surface area contributed by atoms with Crippen LogP contribution in [-0.2, 0) is 11.8 Å². The summed E-state index contributed by atoms with van der Waals surface area (Å²) in [7, 11) is 0. The molecule has 6 heteroatoms. The Balaban J connectivity index is 1.70. The molecule has 0 bridgehead atoms. The summed E-state index contributed by atoms with van der Waals surface area (Å²) in [6.45, 7) is 0. The Morgan fingerprint density at radius 1 is 0.630 bits per heavy atom. The Morgan fingerprint density at radius 2 is 1.22 bits per heavy atom. The molecule has 0 saturated carbocycles. The number of hydrogen-bond acceptors (Lipinski definition) is 2. The summed E-state index contributed by atoms with van der Waals surface area (Å²) in [6, 6.07) is 19.8. The predicted molar refractivity (Wildman–Crippen MR) is 93.7 cm³/mol. The molecule has 0 saturated heterocycles. The van der Waals surface area contributed by atoms with Gasteiger partial charge in [0, 0.05) is 5.56 Å². The molecule has 0 aliphatic heterocycles. The van der Waals surface area contributed by atoms with E-state index in [2.05, 4.69) is 4.98 Å². The topological polar surface area (TPSA) is 26.0 Å². The number of aromatic nitrogens is 1. The van der Waals surface area contributed by atoms with Crippen LogP contribution in [0.1, 0.15) is 11.5 Å². The molecule has 0 atom stereocenters. The van der Waals surface area contributed by atoms with E-state index in [1.807, 2.05) is 6.07 Å². The smallest absolute Gasteiger partial charge is 0.388 e. The van der Waals surface area contributed by atoms with Crippen LogP contribution in [0.15, 0.2) is 83.3 Å². The van der Waals surface area contributed by atoms with Crippen LogP contribution in [0.3, 0.4) is 0 Å². The molecular formula is C21H13F4NO. The molecule has 3 aromatic carbocycles. The first-order valence-corrected chi connectivity index (χ1v) is 8.17. The SMILES string of the molecule is FC(F)(c1ccc(-c2ccccc2)cc1)C(F)(F)c1nc2ccccc2o1. The van der Waals surface area contributed by atoms with Gasteiger partial charge < -0.3 is 4.42 Å². The van der Waals surface area contributed by atoms with Crippen LogP contribution in [0.2, 0.25) is 0 Å². The zero-order chi connectivity index (χ0) is 19.1. The second-order valence-corrected chi connectivity index (χ2v) is 6.08. The van der Waals surface area contributed by atoms with Crippen molar-refractivity contribution < 1.29 is 22.0 Å². The molecule has 0 N–H and O–H groups in total. The van der Waals surface area contributed by atoms with Gasteiger partial charge in [0.25, 0.3) is 5.89 Å². The van der Waals surface area contributed by atoms with Crippen LogP contribution < -0.4 is 0 Å². The first-order valence-electron chi connectivity index (χ1n) is 8.17. The minimum absolute atomic E-state index is 0.0300. The monoisotopic (exact) mass is 371 g/mol. The molecule has 0 aliphatic rings. The lowest BCUT2D eigenvalue weighted by Crippen LogP contribution is -2.35. The Kier molecular flexibility index (Phi) is 3.98. The summed E-state index contributed by atoms with van der Waals surface area (Å²) >= 11 is 0. The molecule has 4 rings (SSSR count). The van der Waals surface area contributed by atoms with Gasteiger partial charge >= 0.3 is 11.8 Å². The van der Waals surface area contributed by atoms with Crippen molar-refractivity contribution in [1.82, 2.24) is 4.98 Å². The number of benzene rings is 3. The van der Waals surface area contributed by atoms with Gasteiger partial charge in [0.1, 0.15) is 5.52 Å². The number of rotatable bonds is 4. The lowest BCUT2D eigenvalue weighted by Gasteiger charge is -2.24. The fraction of sp³-hybridized carbons (Fsp3) is 0.0952. The van der Waals surface area contributed by atoms with Crippen LogP contribution >= 0.6 is 0 Å². The van der Waals surface area contributed by atoms with Crippen molar-refractivity contribution in [3.63, 3.8) is 0 Å². The van der Waals surface area contributed by atoms with Crippen molar-refractivity contribution in [2.45, 2.75) is 11.8 Å². The zero-order valence-electron chi connectivity index (χ0n) is 13.9. The number of para-hydroxylation sites is 2. The van der Waals surface area contributed by atoms with Gasteiger partial charge in [-0.15, -0.1) is 0 Å². The molecule has 0 aliphatic carbocycles. The van der Waals surface area contributed by atoms with Gasteiger partial charge in [0.15, 0.2) is 5.58 Å². The van der Waals surface area contributed by atoms with Gasteiger partial charge in [-0.3, -0.25) is 0 Å². The maximum atomic E-state index is 14.6. The van der Waals surface area contributed by atoms with Crippen LogP contribution in [0.4, 0.5) is 17.6 Å². The zero-order valence-corrected chi connectivity index (χ0v) is 13.9. The third-order valence-corrected chi connectivity index (χ3v) is 4.31. The Morgan fingerprint density at radius 3 is 1.89 bits per heavy atom. The van der Waals surface area contributed by atoms with Gasteiger partial charge in [0.05, 0.1) is 0 Å². The molecule has 2 nitrogen and oxygen atoms in total. The number of hydrogen-bond donors (Lipinski definition) is 0. The van der Waals surface area contributed by atoms with Crippen molar-refractivity contribution in [3.05, 3.63) is 90.3 Å². The van der Waals surface area contributed by atoms with Gasteiger partial charge in [0.2, 0.25) is 0 Å². The maximum Gasteiger partial charge on any atom is 0.388 e. The van der Waals surface area contributed by atoms with Gasteiger partial charge in [-0.25, -0.2) is 4.98 Å². The van der Waals surface area contributed by atoms with E-state index < -0.39 is 23.3 Å². The fourth-order valence-corrected chi connectivity index (χ4v) is 2.82. The number of halogens is 4. The summed E-state index contributed by atoms with van der Waals surface area (Å²) in [6.07, 6.45) is 0. The van der Waals surface area contributed by atoms with E-state index in [1.165, 1.54) is 24.3 Å². The summed E-state index contributed by atoms with van der Waals surface area (Å²) in [5.41, 5.74) is 0.776. The molecule has 0 unspecified atom stereocenters. The standard InChI is InChI=1S/C21H13F4NO/c22-20(23,16-12-10-15(11-13-16)14-6-2-1-3-7-14)21(24,25)19-26-17-8-4-5-9-18(17)27-19/h1-13H. The molecule has 0 amide bonds. The van der Waals surface area contributed by atoms with Crippen LogP contribution in [-0.4, -0.2) is 4.98 Å².